The lowest BCUT2D eigenvalue weighted by atomic mass is 9.94. The third kappa shape index (κ3) is 3.50. The molecule has 0 aromatic heterocycles. The van der Waals surface area contributed by atoms with Crippen LogP contribution in [0.4, 0.5) is 0 Å². The van der Waals surface area contributed by atoms with Crippen molar-refractivity contribution in [2.75, 3.05) is 18.1 Å². The van der Waals surface area contributed by atoms with Gasteiger partial charge < -0.3 is 10.2 Å². The minimum absolute atomic E-state index is 0.0434. The van der Waals surface area contributed by atoms with Gasteiger partial charge in [-0.25, -0.2) is 8.42 Å². The number of piperazine rings is 1. The van der Waals surface area contributed by atoms with E-state index in [0.29, 0.717) is 12.8 Å². The summed E-state index contributed by atoms with van der Waals surface area (Å²) in [7, 11) is -3.05. The Morgan fingerprint density at radius 1 is 1.25 bits per heavy atom. The Morgan fingerprint density at radius 2 is 1.85 bits per heavy atom. The SMILES string of the molecule is CCC1NC(=O)C(C)(C)N(CCCS(=O)(=O)CC)C1=O. The largest absolute Gasteiger partial charge is 0.342 e. The molecule has 1 unspecified atom stereocenters. The number of nitrogens with one attached hydrogen (secondary N) is 1. The van der Waals surface area contributed by atoms with Crippen molar-refractivity contribution in [2.24, 2.45) is 0 Å². The van der Waals surface area contributed by atoms with Crippen molar-refractivity contribution >= 4 is 21.7 Å². The van der Waals surface area contributed by atoms with Crippen LogP contribution in [0.1, 0.15) is 40.5 Å². The lowest BCUT2D eigenvalue weighted by Gasteiger charge is -2.44. The van der Waals surface area contributed by atoms with Crippen LogP contribution in [0, 0.1) is 0 Å². The fourth-order valence-corrected chi connectivity index (χ4v) is 3.09. The molecule has 1 aliphatic rings. The predicted octanol–water partition coefficient (Wildman–Crippen LogP) is 0.327. The number of rotatable bonds is 6. The van der Waals surface area contributed by atoms with Gasteiger partial charge in [0.15, 0.2) is 0 Å². The second-order valence-corrected chi connectivity index (χ2v) is 8.05. The minimum atomic E-state index is -3.05. The molecule has 1 heterocycles. The molecule has 1 fully saturated rings. The summed E-state index contributed by atoms with van der Waals surface area (Å²) in [6.07, 6.45) is 0.888. The van der Waals surface area contributed by atoms with Crippen LogP contribution in [0.25, 0.3) is 0 Å². The van der Waals surface area contributed by atoms with Gasteiger partial charge in [-0.1, -0.05) is 13.8 Å². The Bertz CT molecular complexity index is 485. The van der Waals surface area contributed by atoms with Gasteiger partial charge >= 0.3 is 0 Å². The molecule has 1 N–H and O–H groups in total. The Morgan fingerprint density at radius 3 is 2.35 bits per heavy atom. The van der Waals surface area contributed by atoms with Crippen molar-refractivity contribution in [3.05, 3.63) is 0 Å². The van der Waals surface area contributed by atoms with Crippen LogP contribution in [0.15, 0.2) is 0 Å². The third-order valence-electron chi connectivity index (χ3n) is 3.79. The van der Waals surface area contributed by atoms with Gasteiger partial charge in [-0.05, 0) is 26.7 Å². The van der Waals surface area contributed by atoms with Crippen LogP contribution in [0.2, 0.25) is 0 Å². The molecule has 20 heavy (non-hydrogen) atoms. The third-order valence-corrected chi connectivity index (χ3v) is 5.58. The highest BCUT2D eigenvalue weighted by molar-refractivity contribution is 7.91. The Hall–Kier alpha value is -1.11. The average molecular weight is 304 g/mol. The van der Waals surface area contributed by atoms with Gasteiger partial charge in [0.2, 0.25) is 11.8 Å². The molecule has 1 aliphatic heterocycles. The van der Waals surface area contributed by atoms with Crippen molar-refractivity contribution in [3.8, 4) is 0 Å². The molecule has 1 atom stereocenters. The highest BCUT2D eigenvalue weighted by Crippen LogP contribution is 2.22. The molecule has 0 aromatic carbocycles. The lowest BCUT2D eigenvalue weighted by Crippen LogP contribution is -2.68. The van der Waals surface area contributed by atoms with Crippen LogP contribution < -0.4 is 5.32 Å². The first kappa shape index (κ1) is 16.9. The summed E-state index contributed by atoms with van der Waals surface area (Å²) in [4.78, 5) is 25.8. The molecule has 0 radical (unpaired) electrons. The maximum Gasteiger partial charge on any atom is 0.246 e. The van der Waals surface area contributed by atoms with Crippen LogP contribution >= 0.6 is 0 Å². The van der Waals surface area contributed by atoms with Crippen molar-refractivity contribution in [1.82, 2.24) is 10.2 Å². The van der Waals surface area contributed by atoms with E-state index in [1.165, 1.54) is 4.90 Å². The Balaban J connectivity index is 2.78. The average Bonchev–Trinajstić information content (AvgIpc) is 2.38. The predicted molar refractivity (Wildman–Crippen MR) is 77.0 cm³/mol. The first-order valence-electron chi connectivity index (χ1n) is 6.98. The quantitative estimate of drug-likeness (QED) is 0.766. The van der Waals surface area contributed by atoms with Gasteiger partial charge in [-0.15, -0.1) is 0 Å². The second kappa shape index (κ2) is 6.11. The molecule has 2 amide bonds. The van der Waals surface area contributed by atoms with Crippen molar-refractivity contribution in [2.45, 2.75) is 52.1 Å². The first-order valence-corrected chi connectivity index (χ1v) is 8.80. The van der Waals surface area contributed by atoms with Gasteiger partial charge in [0.1, 0.15) is 21.4 Å². The normalized spacial score (nSPS) is 22.8. The molecule has 0 saturated carbocycles. The fraction of sp³-hybridized carbons (Fsp3) is 0.846. The van der Waals surface area contributed by atoms with Crippen LogP contribution in [-0.4, -0.2) is 54.8 Å². The van der Waals surface area contributed by atoms with Gasteiger partial charge in [0, 0.05) is 12.3 Å². The Labute approximate surface area is 120 Å². The summed E-state index contributed by atoms with van der Waals surface area (Å²) in [6.45, 7) is 7.09. The molecule has 1 saturated heterocycles. The summed E-state index contributed by atoms with van der Waals surface area (Å²) in [6, 6.07) is -0.502. The number of nitrogens with zero attached hydrogens (tertiary/aromatic N) is 1. The summed E-state index contributed by atoms with van der Waals surface area (Å²) >= 11 is 0. The van der Waals surface area contributed by atoms with E-state index in [1.54, 1.807) is 20.8 Å². The number of sulfone groups is 1. The van der Waals surface area contributed by atoms with Crippen molar-refractivity contribution in [3.63, 3.8) is 0 Å². The highest BCUT2D eigenvalue weighted by Gasteiger charge is 2.45. The summed E-state index contributed by atoms with van der Waals surface area (Å²) in [5.41, 5.74) is -0.932. The van der Waals surface area contributed by atoms with E-state index in [2.05, 4.69) is 5.32 Å². The smallest absolute Gasteiger partial charge is 0.246 e. The number of hydrogen-bond acceptors (Lipinski definition) is 4. The summed E-state index contributed by atoms with van der Waals surface area (Å²) in [5, 5.41) is 2.71. The molecule has 0 aromatic rings. The van der Waals surface area contributed by atoms with E-state index in [9.17, 15) is 18.0 Å². The number of hydrogen-bond donors (Lipinski definition) is 1. The molecule has 0 bridgehead atoms. The van der Waals surface area contributed by atoms with Gasteiger partial charge in [0.25, 0.3) is 0 Å². The molecule has 7 heteroatoms. The lowest BCUT2D eigenvalue weighted by molar-refractivity contribution is -0.155. The monoisotopic (exact) mass is 304 g/mol. The summed E-state index contributed by atoms with van der Waals surface area (Å²) in [5.74, 6) is -0.183. The fourth-order valence-electron chi connectivity index (χ4n) is 2.24. The second-order valence-electron chi connectivity index (χ2n) is 5.57. The van der Waals surface area contributed by atoms with E-state index in [1.807, 2.05) is 6.92 Å². The maximum absolute atomic E-state index is 12.3. The number of carbonyl (C=O) groups is 2. The zero-order valence-corrected chi connectivity index (χ0v) is 13.4. The Kier molecular flexibility index (Phi) is 5.18. The standard InChI is InChI=1S/C13H24N2O4S/c1-5-10-11(16)15(13(3,4)12(17)14-10)8-7-9-20(18,19)6-2/h10H,5-9H2,1-4H3,(H,14,17). The van der Waals surface area contributed by atoms with Crippen molar-refractivity contribution < 1.29 is 18.0 Å². The van der Waals surface area contributed by atoms with E-state index >= 15 is 0 Å². The number of amides is 2. The molecular weight excluding hydrogens is 280 g/mol. The van der Waals surface area contributed by atoms with Gasteiger partial charge in [-0.2, -0.15) is 0 Å². The highest BCUT2D eigenvalue weighted by atomic mass is 32.2. The maximum atomic E-state index is 12.3. The molecular formula is C13H24N2O4S. The van der Waals surface area contributed by atoms with E-state index in [0.717, 1.165) is 0 Å². The van der Waals surface area contributed by atoms with Crippen LogP contribution in [0.3, 0.4) is 0 Å². The van der Waals surface area contributed by atoms with E-state index in [-0.39, 0.29) is 29.9 Å². The molecule has 1 rings (SSSR count). The minimum Gasteiger partial charge on any atom is -0.342 e. The molecule has 6 nitrogen and oxygen atoms in total. The van der Waals surface area contributed by atoms with E-state index in [4.69, 9.17) is 0 Å². The van der Waals surface area contributed by atoms with Gasteiger partial charge in [0.05, 0.1) is 5.75 Å². The molecule has 116 valence electrons. The number of carbonyl (C=O) groups excluding carboxylic acids is 2. The van der Waals surface area contributed by atoms with Crippen molar-refractivity contribution in [1.29, 1.82) is 0 Å². The first-order chi connectivity index (χ1) is 9.15. The van der Waals surface area contributed by atoms with E-state index < -0.39 is 21.4 Å². The van der Waals surface area contributed by atoms with Gasteiger partial charge in [-0.3, -0.25) is 9.59 Å². The van der Waals surface area contributed by atoms with Crippen LogP contribution in [0.5, 0.6) is 0 Å². The molecule has 0 aliphatic carbocycles. The summed E-state index contributed by atoms with van der Waals surface area (Å²) < 4.78 is 23.0. The topological polar surface area (TPSA) is 83.6 Å². The zero-order valence-electron chi connectivity index (χ0n) is 12.6. The van der Waals surface area contributed by atoms with Crippen LogP contribution in [-0.2, 0) is 19.4 Å². The molecule has 0 spiro atoms. The zero-order chi connectivity index (χ0) is 15.6.